The molecule has 1 aliphatic carbocycles. The van der Waals surface area contributed by atoms with E-state index in [1.807, 2.05) is 4.52 Å². The first kappa shape index (κ1) is 19.3. The summed E-state index contributed by atoms with van der Waals surface area (Å²) in [5, 5.41) is 9.30. The first-order valence-electron chi connectivity index (χ1n) is 10.2. The Morgan fingerprint density at radius 3 is 2.90 bits per heavy atom. The van der Waals surface area contributed by atoms with Gasteiger partial charge in [0, 0.05) is 29.1 Å². The number of aryl methyl sites for hydroxylation is 1. The molecule has 1 aliphatic rings. The lowest BCUT2D eigenvalue weighted by atomic mass is 10.1. The maximum atomic E-state index is 6.29. The number of nitrogens with zero attached hydrogens (tertiary/aromatic N) is 3. The van der Waals surface area contributed by atoms with Crippen LogP contribution in [-0.2, 0) is 6.54 Å². The van der Waals surface area contributed by atoms with Crippen molar-refractivity contribution in [2.45, 2.75) is 44.8 Å². The van der Waals surface area contributed by atoms with E-state index in [-0.39, 0.29) is 0 Å². The summed E-state index contributed by atoms with van der Waals surface area (Å²) in [7, 11) is 1.71. The fourth-order valence-corrected chi connectivity index (χ4v) is 5.60. The maximum absolute atomic E-state index is 6.29. The van der Waals surface area contributed by atoms with Gasteiger partial charge < -0.3 is 21.5 Å². The lowest BCUT2D eigenvalue weighted by Gasteiger charge is -2.11. The molecule has 0 radical (unpaired) electrons. The Hall–Kier alpha value is -2.68. The molecule has 1 aromatic carbocycles. The minimum absolute atomic E-state index is 0.303. The van der Waals surface area contributed by atoms with Crippen molar-refractivity contribution >= 4 is 32.8 Å². The van der Waals surface area contributed by atoms with Gasteiger partial charge in [-0.1, -0.05) is 6.07 Å². The van der Waals surface area contributed by atoms with Gasteiger partial charge in [0.05, 0.1) is 17.5 Å². The Labute approximate surface area is 179 Å². The molecule has 2 atom stereocenters. The second kappa shape index (κ2) is 7.54. The van der Waals surface area contributed by atoms with Gasteiger partial charge in [0.15, 0.2) is 5.82 Å². The van der Waals surface area contributed by atoms with Gasteiger partial charge in [-0.2, -0.15) is 5.10 Å². The molecule has 156 valence electrons. The Balaban J connectivity index is 1.58. The number of ether oxygens (including phenoxy) is 1. The number of nitrogens with two attached hydrogens (primary N) is 2. The van der Waals surface area contributed by atoms with Gasteiger partial charge in [0.25, 0.3) is 0 Å². The van der Waals surface area contributed by atoms with Gasteiger partial charge in [-0.25, -0.2) is 9.50 Å². The van der Waals surface area contributed by atoms with Crippen molar-refractivity contribution in [2.24, 2.45) is 5.73 Å². The highest BCUT2D eigenvalue weighted by molar-refractivity contribution is 7.22. The molecule has 0 spiro atoms. The number of anilines is 1. The average molecular weight is 423 g/mol. The van der Waals surface area contributed by atoms with Crippen LogP contribution >= 0.6 is 11.3 Å². The van der Waals surface area contributed by atoms with Crippen molar-refractivity contribution in [3.05, 3.63) is 41.9 Å². The summed E-state index contributed by atoms with van der Waals surface area (Å²) in [6.07, 6.45) is 4.72. The molecule has 5 rings (SSSR count). The zero-order valence-electron chi connectivity index (χ0n) is 17.2. The summed E-state index contributed by atoms with van der Waals surface area (Å²) >= 11 is 1.70. The summed E-state index contributed by atoms with van der Waals surface area (Å²) in [4.78, 5) is 5.37. The Morgan fingerprint density at radius 2 is 2.13 bits per heavy atom. The Bertz CT molecular complexity index is 1230. The number of nitrogen functional groups attached to an aromatic ring is 1. The SMILES string of the molecule is COc1cc(C)cc2cc(-c3cc(CNC4CCC(N)C4)n4ncnc(N)c34)sc12. The molecule has 7 nitrogen and oxygen atoms in total. The minimum atomic E-state index is 0.303. The van der Waals surface area contributed by atoms with Gasteiger partial charge in [-0.3, -0.25) is 0 Å². The summed E-state index contributed by atoms with van der Waals surface area (Å²) in [6, 6.07) is 9.37. The van der Waals surface area contributed by atoms with Gasteiger partial charge in [-0.15, -0.1) is 11.3 Å². The van der Waals surface area contributed by atoms with Crippen molar-refractivity contribution < 1.29 is 4.74 Å². The van der Waals surface area contributed by atoms with Crippen molar-refractivity contribution in [1.29, 1.82) is 0 Å². The van der Waals surface area contributed by atoms with Crippen LogP contribution in [0.1, 0.15) is 30.5 Å². The number of hydrogen-bond acceptors (Lipinski definition) is 7. The standard InChI is InChI=1S/C22H26N6OS/c1-12-5-13-7-19(30-21(13)18(6-12)29-2)17-9-16(10-25-15-4-3-14(23)8-15)28-20(17)22(24)26-11-27-28/h5-7,9,11,14-15,25H,3-4,8,10,23H2,1-2H3,(H2,24,26,27). The molecule has 0 amide bonds. The number of benzene rings is 1. The van der Waals surface area contributed by atoms with Crippen LogP contribution in [-0.4, -0.2) is 33.8 Å². The highest BCUT2D eigenvalue weighted by Crippen LogP contribution is 2.42. The topological polar surface area (TPSA) is 103 Å². The van der Waals surface area contributed by atoms with Gasteiger partial charge in [-0.05, 0) is 55.3 Å². The normalized spacial score (nSPS) is 19.2. The molecule has 2 unspecified atom stereocenters. The molecule has 0 saturated heterocycles. The van der Waals surface area contributed by atoms with Crippen LogP contribution in [0.5, 0.6) is 5.75 Å². The van der Waals surface area contributed by atoms with E-state index in [2.05, 4.69) is 46.6 Å². The highest BCUT2D eigenvalue weighted by Gasteiger charge is 2.23. The van der Waals surface area contributed by atoms with Crippen LogP contribution in [0.4, 0.5) is 5.82 Å². The predicted molar refractivity (Wildman–Crippen MR) is 122 cm³/mol. The maximum Gasteiger partial charge on any atom is 0.152 e. The predicted octanol–water partition coefficient (Wildman–Crippen LogP) is 3.48. The number of aromatic nitrogens is 3. The van der Waals surface area contributed by atoms with E-state index < -0.39 is 0 Å². The third-order valence-electron chi connectivity index (χ3n) is 5.91. The van der Waals surface area contributed by atoms with E-state index in [9.17, 15) is 0 Å². The largest absolute Gasteiger partial charge is 0.495 e. The molecule has 4 aromatic rings. The van der Waals surface area contributed by atoms with Crippen LogP contribution in [0.3, 0.4) is 0 Å². The molecule has 0 bridgehead atoms. The van der Waals surface area contributed by atoms with E-state index in [0.717, 1.165) is 51.4 Å². The summed E-state index contributed by atoms with van der Waals surface area (Å²) in [6.45, 7) is 2.79. The van der Waals surface area contributed by atoms with Crippen LogP contribution in [0.2, 0.25) is 0 Å². The number of fused-ring (bicyclic) bond motifs is 2. The number of methoxy groups -OCH3 is 1. The first-order chi connectivity index (χ1) is 14.5. The Morgan fingerprint density at radius 1 is 1.27 bits per heavy atom. The van der Waals surface area contributed by atoms with Crippen molar-refractivity contribution in [2.75, 3.05) is 12.8 Å². The Kier molecular flexibility index (Phi) is 4.85. The molecule has 3 heterocycles. The first-order valence-corrected chi connectivity index (χ1v) is 11.0. The van der Waals surface area contributed by atoms with Crippen molar-refractivity contribution in [3.63, 3.8) is 0 Å². The average Bonchev–Trinajstić information content (AvgIpc) is 3.42. The van der Waals surface area contributed by atoms with E-state index in [1.54, 1.807) is 18.4 Å². The number of rotatable bonds is 5. The molecule has 1 saturated carbocycles. The summed E-state index contributed by atoms with van der Waals surface area (Å²) in [5.74, 6) is 1.38. The van der Waals surface area contributed by atoms with E-state index in [4.69, 9.17) is 16.2 Å². The van der Waals surface area contributed by atoms with Crippen molar-refractivity contribution in [3.8, 4) is 16.2 Å². The molecular weight excluding hydrogens is 396 g/mol. The van der Waals surface area contributed by atoms with Crippen LogP contribution in [0, 0.1) is 6.92 Å². The minimum Gasteiger partial charge on any atom is -0.495 e. The van der Waals surface area contributed by atoms with Crippen LogP contribution < -0.4 is 21.5 Å². The zero-order chi connectivity index (χ0) is 20.8. The molecule has 0 aliphatic heterocycles. The molecule has 1 fully saturated rings. The molecule has 8 heteroatoms. The highest BCUT2D eigenvalue weighted by atomic mass is 32.1. The van der Waals surface area contributed by atoms with Crippen LogP contribution in [0.25, 0.3) is 26.0 Å². The van der Waals surface area contributed by atoms with Gasteiger partial charge in [0.2, 0.25) is 0 Å². The number of nitrogens with one attached hydrogen (secondary N) is 1. The van der Waals surface area contributed by atoms with E-state index >= 15 is 0 Å². The lowest BCUT2D eigenvalue weighted by Crippen LogP contribution is -2.28. The summed E-state index contributed by atoms with van der Waals surface area (Å²) < 4.78 is 8.65. The van der Waals surface area contributed by atoms with Crippen LogP contribution in [0.15, 0.2) is 30.6 Å². The smallest absolute Gasteiger partial charge is 0.152 e. The number of thiophene rings is 1. The summed E-state index contributed by atoms with van der Waals surface area (Å²) in [5.41, 5.74) is 16.5. The van der Waals surface area contributed by atoms with Crippen molar-refractivity contribution in [1.82, 2.24) is 19.9 Å². The fourth-order valence-electron chi connectivity index (χ4n) is 4.45. The zero-order valence-corrected chi connectivity index (χ0v) is 18.0. The van der Waals surface area contributed by atoms with E-state index in [0.29, 0.717) is 24.4 Å². The monoisotopic (exact) mass is 422 g/mol. The second-order valence-electron chi connectivity index (χ2n) is 8.10. The number of hydrogen-bond donors (Lipinski definition) is 3. The third kappa shape index (κ3) is 3.30. The molecule has 3 aromatic heterocycles. The van der Waals surface area contributed by atoms with Gasteiger partial charge in [0.1, 0.15) is 17.6 Å². The molecule has 5 N–H and O–H groups in total. The lowest BCUT2D eigenvalue weighted by molar-refractivity contribution is 0.420. The van der Waals surface area contributed by atoms with E-state index in [1.165, 1.54) is 17.3 Å². The third-order valence-corrected chi connectivity index (χ3v) is 7.11. The quantitative estimate of drug-likeness (QED) is 0.455. The fraction of sp³-hybridized carbons (Fsp3) is 0.364. The van der Waals surface area contributed by atoms with Gasteiger partial charge >= 0.3 is 0 Å². The molecule has 30 heavy (non-hydrogen) atoms. The molecular formula is C22H26N6OS. The second-order valence-corrected chi connectivity index (χ2v) is 9.15.